The highest BCUT2D eigenvalue weighted by atomic mass is 35.5. The predicted octanol–water partition coefficient (Wildman–Crippen LogP) is 5.54. The smallest absolute Gasteiger partial charge is 0.352 e. The first-order chi connectivity index (χ1) is 20.2. The summed E-state index contributed by atoms with van der Waals surface area (Å²) >= 11 is 7.22. The van der Waals surface area contributed by atoms with Crippen molar-refractivity contribution in [2.45, 2.75) is 56.5 Å². The minimum atomic E-state index is -4.47. The lowest BCUT2D eigenvalue weighted by Gasteiger charge is -2.44. The van der Waals surface area contributed by atoms with Crippen LogP contribution in [0.25, 0.3) is 22.0 Å². The van der Waals surface area contributed by atoms with Crippen molar-refractivity contribution in [1.29, 1.82) is 0 Å². The first-order valence-corrected chi connectivity index (χ1v) is 14.9. The first-order valence-electron chi connectivity index (χ1n) is 13.6. The summed E-state index contributed by atoms with van der Waals surface area (Å²) in [7, 11) is 0. The third-order valence-corrected chi connectivity index (χ3v) is 9.29. The Bertz CT molecular complexity index is 1670. The summed E-state index contributed by atoms with van der Waals surface area (Å²) < 4.78 is 69.9. The third kappa shape index (κ3) is 5.99. The Morgan fingerprint density at radius 3 is 2.47 bits per heavy atom. The number of hydrogen-bond donors (Lipinski definition) is 1. The zero-order chi connectivity index (χ0) is 31.4. The molecule has 1 saturated heterocycles. The largest absolute Gasteiger partial charge is 0.401 e. The minimum absolute atomic E-state index is 0.00570. The molecule has 0 aliphatic carbocycles. The number of nitrogens with one attached hydrogen (secondary N) is 1. The van der Waals surface area contributed by atoms with Crippen molar-refractivity contribution >= 4 is 46.0 Å². The monoisotopic (exact) mass is 641 g/mol. The van der Waals surface area contributed by atoms with Crippen LogP contribution in [-0.4, -0.2) is 70.0 Å². The molecule has 5 rings (SSSR count). The van der Waals surface area contributed by atoms with Crippen LogP contribution in [0.2, 0.25) is 5.02 Å². The van der Waals surface area contributed by atoms with Crippen LogP contribution in [0.1, 0.15) is 19.4 Å². The maximum Gasteiger partial charge on any atom is 0.401 e. The van der Waals surface area contributed by atoms with Gasteiger partial charge in [0.05, 0.1) is 17.1 Å². The zero-order valence-corrected chi connectivity index (χ0v) is 25.1. The van der Waals surface area contributed by atoms with Gasteiger partial charge in [-0.3, -0.25) is 9.36 Å². The van der Waals surface area contributed by atoms with Gasteiger partial charge < -0.3 is 15.1 Å². The van der Waals surface area contributed by atoms with E-state index in [4.69, 9.17) is 11.6 Å². The molecule has 0 unspecified atom stereocenters. The molecule has 0 radical (unpaired) electrons. The van der Waals surface area contributed by atoms with Crippen molar-refractivity contribution < 1.29 is 26.7 Å². The van der Waals surface area contributed by atoms with E-state index < -0.39 is 36.1 Å². The molecular weight excluding hydrogens is 613 g/mol. The van der Waals surface area contributed by atoms with Crippen LogP contribution in [0.5, 0.6) is 0 Å². The number of rotatable bonds is 5. The number of piperazine rings is 1. The summed E-state index contributed by atoms with van der Waals surface area (Å²) in [5, 5.41) is 2.74. The highest BCUT2D eigenvalue weighted by Crippen LogP contribution is 2.45. The molecule has 14 heteroatoms. The Kier molecular flexibility index (Phi) is 8.53. The topological polar surface area (TPSA) is 70.5 Å². The molecule has 1 aromatic heterocycles. The van der Waals surface area contributed by atoms with Crippen molar-refractivity contribution in [3.63, 3.8) is 0 Å². The molecule has 0 spiro atoms. The number of carbonyl (C=O) groups excluding carboxylic acids is 1. The van der Waals surface area contributed by atoms with E-state index in [2.05, 4.69) is 16.9 Å². The Morgan fingerprint density at radius 1 is 1.16 bits per heavy atom. The second kappa shape index (κ2) is 11.7. The van der Waals surface area contributed by atoms with Gasteiger partial charge in [0.1, 0.15) is 17.5 Å². The Morgan fingerprint density at radius 2 is 1.84 bits per heavy atom. The van der Waals surface area contributed by atoms with Gasteiger partial charge in [0.2, 0.25) is 5.91 Å². The SMILES string of the molecule is C=CC(=O)N1[C@H](C)CN(c2nc(=O)n3c4c(c(-c5cc(Cl)c(F)cc5F)c(C)cc24)SC[C@@H](NCC(F)(F)F)C3)C[C@@H]1C. The van der Waals surface area contributed by atoms with E-state index in [1.165, 1.54) is 28.5 Å². The normalized spacial score (nSPS) is 20.8. The maximum atomic E-state index is 15.3. The number of thioether (sulfide) groups is 1. The Hall–Kier alpha value is -3.16. The predicted molar refractivity (Wildman–Crippen MR) is 158 cm³/mol. The Labute approximate surface area is 253 Å². The van der Waals surface area contributed by atoms with Gasteiger partial charge in [0, 0.05) is 71.0 Å². The van der Waals surface area contributed by atoms with Gasteiger partial charge in [-0.05, 0) is 44.5 Å². The van der Waals surface area contributed by atoms with Gasteiger partial charge in [-0.1, -0.05) is 18.2 Å². The molecule has 2 aliphatic rings. The highest BCUT2D eigenvalue weighted by Gasteiger charge is 2.35. The van der Waals surface area contributed by atoms with E-state index in [0.29, 0.717) is 51.9 Å². The number of aryl methyl sites for hydroxylation is 1. The molecule has 230 valence electrons. The van der Waals surface area contributed by atoms with Crippen LogP contribution in [0.15, 0.2) is 40.5 Å². The molecule has 1 fully saturated rings. The summed E-state index contributed by atoms with van der Waals surface area (Å²) in [5.41, 5.74) is 0.657. The van der Waals surface area contributed by atoms with E-state index in [9.17, 15) is 27.2 Å². The van der Waals surface area contributed by atoms with Gasteiger partial charge in [-0.15, -0.1) is 11.8 Å². The van der Waals surface area contributed by atoms with Crippen LogP contribution < -0.4 is 15.9 Å². The number of hydrogen-bond acceptors (Lipinski definition) is 6. The standard InChI is InChI=1S/C29H29ClF5N5O2S/c1-5-23(41)40-15(3)9-38(10-16(40)4)27-19-6-14(2)24(18-7-20(30)22(32)8-21(18)31)26-25(19)39(28(42)37-27)11-17(12-43-26)36-13-29(33,34)35/h5-8,15-17,36H,1,9-13H2,2-4H3/t15-,16+,17-/m0/s1. The Balaban J connectivity index is 1.72. The van der Waals surface area contributed by atoms with Gasteiger partial charge in [0.25, 0.3) is 0 Å². The fraction of sp³-hybridized carbons (Fsp3) is 0.414. The first kappa shape index (κ1) is 31.3. The van der Waals surface area contributed by atoms with Crippen molar-refractivity contribution in [3.05, 3.63) is 63.6 Å². The third-order valence-electron chi connectivity index (χ3n) is 7.75. The van der Waals surface area contributed by atoms with Crippen LogP contribution in [0, 0.1) is 18.6 Å². The molecule has 1 N–H and O–H groups in total. The minimum Gasteiger partial charge on any atom is -0.352 e. The molecule has 7 nitrogen and oxygen atoms in total. The molecular formula is C29H29ClF5N5O2S. The molecule has 3 heterocycles. The quantitative estimate of drug-likeness (QED) is 0.224. The molecule has 0 saturated carbocycles. The van der Waals surface area contributed by atoms with Crippen molar-refractivity contribution in [3.8, 4) is 11.1 Å². The molecule has 0 bridgehead atoms. The molecule has 3 aromatic rings. The lowest BCUT2D eigenvalue weighted by Crippen LogP contribution is -2.58. The summed E-state index contributed by atoms with van der Waals surface area (Å²) in [5.74, 6) is -1.53. The number of benzene rings is 2. The summed E-state index contributed by atoms with van der Waals surface area (Å²) in [6, 6.07) is 2.35. The number of aromatic nitrogens is 2. The van der Waals surface area contributed by atoms with Gasteiger partial charge in [0.15, 0.2) is 0 Å². The van der Waals surface area contributed by atoms with E-state index in [0.717, 1.165) is 0 Å². The second-order valence-corrected chi connectivity index (χ2v) is 12.4. The van der Waals surface area contributed by atoms with E-state index >= 15 is 4.39 Å². The van der Waals surface area contributed by atoms with Crippen molar-refractivity contribution in [2.75, 3.05) is 30.3 Å². The molecule has 2 aromatic carbocycles. The number of alkyl halides is 3. The second-order valence-electron chi connectivity index (χ2n) is 10.9. The summed E-state index contributed by atoms with van der Waals surface area (Å²) in [6.45, 7) is 8.43. The number of amides is 1. The van der Waals surface area contributed by atoms with E-state index in [1.54, 1.807) is 17.9 Å². The average molecular weight is 642 g/mol. The molecule has 2 aliphatic heterocycles. The number of carbonyl (C=O) groups is 1. The van der Waals surface area contributed by atoms with Crippen molar-refractivity contribution in [1.82, 2.24) is 19.8 Å². The highest BCUT2D eigenvalue weighted by molar-refractivity contribution is 7.99. The van der Waals surface area contributed by atoms with Crippen LogP contribution in [0.4, 0.5) is 27.8 Å². The van der Waals surface area contributed by atoms with E-state index in [-0.39, 0.29) is 40.9 Å². The molecule has 3 atom stereocenters. The zero-order valence-electron chi connectivity index (χ0n) is 23.6. The van der Waals surface area contributed by atoms with Gasteiger partial charge >= 0.3 is 11.9 Å². The fourth-order valence-corrected chi connectivity index (χ4v) is 7.52. The number of halogens is 6. The summed E-state index contributed by atoms with van der Waals surface area (Å²) in [6.07, 6.45) is -3.21. The fourth-order valence-electron chi connectivity index (χ4n) is 6.00. The lowest BCUT2D eigenvalue weighted by atomic mass is 9.97. The molecule has 1 amide bonds. The average Bonchev–Trinajstić information content (AvgIpc) is 3.11. The van der Waals surface area contributed by atoms with Crippen LogP contribution in [-0.2, 0) is 11.3 Å². The lowest BCUT2D eigenvalue weighted by molar-refractivity contribution is -0.130. The summed E-state index contributed by atoms with van der Waals surface area (Å²) in [4.78, 5) is 34.6. The van der Waals surface area contributed by atoms with Crippen LogP contribution in [0.3, 0.4) is 0 Å². The maximum absolute atomic E-state index is 15.3. The van der Waals surface area contributed by atoms with Crippen molar-refractivity contribution in [2.24, 2.45) is 0 Å². The number of nitrogens with zero attached hydrogens (tertiary/aromatic N) is 4. The molecule has 43 heavy (non-hydrogen) atoms. The van der Waals surface area contributed by atoms with E-state index in [1.807, 2.05) is 18.7 Å². The van der Waals surface area contributed by atoms with Gasteiger partial charge in [-0.2, -0.15) is 18.2 Å². The van der Waals surface area contributed by atoms with Gasteiger partial charge in [-0.25, -0.2) is 13.6 Å². The van der Waals surface area contributed by atoms with Crippen LogP contribution >= 0.6 is 23.4 Å². The number of anilines is 1.